The van der Waals surface area contributed by atoms with Gasteiger partial charge in [-0.3, -0.25) is 0 Å². The molecule has 0 fully saturated rings. The molecular weight excluding hydrogens is 707 g/mol. The molecule has 0 spiro atoms. The maximum absolute atomic E-state index is 6.79. The van der Waals surface area contributed by atoms with E-state index in [1.165, 1.54) is 49.3 Å². The van der Waals surface area contributed by atoms with Gasteiger partial charge in [-0.05, 0) is 89.0 Å². The Kier molecular flexibility index (Phi) is 7.20. The highest BCUT2D eigenvalue weighted by Gasteiger charge is 2.28. The number of benzene rings is 9. The van der Waals surface area contributed by atoms with Gasteiger partial charge in [-0.2, -0.15) is 0 Å². The zero-order valence-electron chi connectivity index (χ0n) is 31.5. The molecule has 4 nitrogen and oxygen atoms in total. The lowest BCUT2D eigenvalue weighted by atomic mass is 10.0. The third-order valence-corrected chi connectivity index (χ3v) is 11.7. The van der Waals surface area contributed by atoms with Crippen LogP contribution in [0.3, 0.4) is 0 Å². The lowest BCUT2D eigenvalue weighted by molar-refractivity contribution is 0.477. The van der Waals surface area contributed by atoms with E-state index in [0.29, 0.717) is 0 Å². The third-order valence-electron chi connectivity index (χ3n) is 11.7. The van der Waals surface area contributed by atoms with Crippen molar-refractivity contribution in [3.63, 3.8) is 0 Å². The van der Waals surface area contributed by atoms with Crippen molar-refractivity contribution in [1.82, 2.24) is 9.13 Å². The number of rotatable bonds is 6. The first kappa shape index (κ1) is 32.4. The molecule has 1 aliphatic rings. The second-order valence-electron chi connectivity index (χ2n) is 14.9. The van der Waals surface area contributed by atoms with Crippen molar-refractivity contribution < 1.29 is 4.74 Å². The van der Waals surface area contributed by atoms with Crippen LogP contribution in [0.5, 0.6) is 11.5 Å². The minimum Gasteiger partial charge on any atom is -0.453 e. The molecule has 0 radical (unpaired) electrons. The van der Waals surface area contributed by atoms with Gasteiger partial charge >= 0.3 is 0 Å². The van der Waals surface area contributed by atoms with Crippen molar-refractivity contribution >= 4 is 60.7 Å². The van der Waals surface area contributed by atoms with Crippen molar-refractivity contribution in [2.75, 3.05) is 4.90 Å². The van der Waals surface area contributed by atoms with E-state index in [4.69, 9.17) is 4.74 Å². The molecule has 2 aromatic heterocycles. The Morgan fingerprint density at radius 1 is 0.345 bits per heavy atom. The standard InChI is InChI=1S/C54H35N3O/c1-3-14-36(15-4-1)38-26-30-40(31-27-38)55(41-32-28-39(29-33-41)37-16-5-2-6-17-37)42-18-13-19-43(34-42)56-46-22-9-7-20-44(46)52-49(56)35-51-54-53(52)45-21-8-10-23-47(45)57(54)48-24-11-12-25-50(48)58-51/h1-35H. The number of fused-ring (bicyclic) bond motifs is 9. The molecule has 0 N–H and O–H groups in total. The molecule has 0 saturated heterocycles. The zero-order valence-corrected chi connectivity index (χ0v) is 31.5. The largest absolute Gasteiger partial charge is 0.453 e. The van der Waals surface area contributed by atoms with Crippen molar-refractivity contribution in [2.24, 2.45) is 0 Å². The van der Waals surface area contributed by atoms with Gasteiger partial charge in [0.05, 0.1) is 27.8 Å². The first-order valence-electron chi connectivity index (χ1n) is 19.8. The van der Waals surface area contributed by atoms with Crippen LogP contribution in [0.2, 0.25) is 0 Å². The monoisotopic (exact) mass is 741 g/mol. The van der Waals surface area contributed by atoms with Gasteiger partial charge in [0.25, 0.3) is 0 Å². The van der Waals surface area contributed by atoms with Crippen molar-refractivity contribution in [1.29, 1.82) is 0 Å². The summed E-state index contributed by atoms with van der Waals surface area (Å²) in [4.78, 5) is 2.36. The molecule has 4 heteroatoms. The number of hydrogen-bond donors (Lipinski definition) is 0. The highest BCUT2D eigenvalue weighted by atomic mass is 16.5. The Morgan fingerprint density at radius 3 is 1.53 bits per heavy atom. The van der Waals surface area contributed by atoms with Crippen LogP contribution in [0.25, 0.3) is 77.2 Å². The predicted molar refractivity (Wildman–Crippen MR) is 241 cm³/mol. The molecule has 3 heterocycles. The molecule has 0 atom stereocenters. The summed E-state index contributed by atoms with van der Waals surface area (Å²) in [5, 5.41) is 4.86. The number of nitrogens with zero attached hydrogens (tertiary/aromatic N) is 3. The topological polar surface area (TPSA) is 22.3 Å². The molecule has 12 rings (SSSR count). The zero-order chi connectivity index (χ0) is 38.2. The molecule has 0 bridgehead atoms. The van der Waals surface area contributed by atoms with Crippen LogP contribution in [0, 0.1) is 0 Å². The van der Waals surface area contributed by atoms with Crippen LogP contribution < -0.4 is 9.64 Å². The second kappa shape index (κ2) is 12.9. The minimum absolute atomic E-state index is 0.855. The molecule has 0 saturated carbocycles. The minimum atomic E-state index is 0.855. The average molecular weight is 742 g/mol. The second-order valence-corrected chi connectivity index (χ2v) is 14.9. The Balaban J connectivity index is 1.07. The molecule has 58 heavy (non-hydrogen) atoms. The van der Waals surface area contributed by atoms with Gasteiger partial charge in [0, 0.05) is 50.4 Å². The Labute approximate surface area is 335 Å². The average Bonchev–Trinajstić information content (AvgIpc) is 3.81. The van der Waals surface area contributed by atoms with E-state index in [-0.39, 0.29) is 0 Å². The first-order chi connectivity index (χ1) is 28.8. The molecule has 272 valence electrons. The van der Waals surface area contributed by atoms with Gasteiger partial charge < -0.3 is 18.8 Å². The van der Waals surface area contributed by atoms with E-state index in [9.17, 15) is 0 Å². The van der Waals surface area contributed by atoms with Gasteiger partial charge in [0.1, 0.15) is 0 Å². The number of hydrogen-bond acceptors (Lipinski definition) is 2. The summed E-state index contributed by atoms with van der Waals surface area (Å²) in [6.07, 6.45) is 0. The highest BCUT2D eigenvalue weighted by molar-refractivity contribution is 6.30. The van der Waals surface area contributed by atoms with Gasteiger partial charge in [0.15, 0.2) is 11.5 Å². The molecule has 0 amide bonds. The van der Waals surface area contributed by atoms with E-state index in [1.807, 2.05) is 6.07 Å². The van der Waals surface area contributed by atoms with E-state index in [1.54, 1.807) is 0 Å². The lowest BCUT2D eigenvalue weighted by Crippen LogP contribution is -2.10. The van der Waals surface area contributed by atoms with Crippen LogP contribution in [0.15, 0.2) is 212 Å². The summed E-state index contributed by atoms with van der Waals surface area (Å²) in [6.45, 7) is 0. The molecule has 0 unspecified atom stereocenters. The van der Waals surface area contributed by atoms with Crippen LogP contribution in [0.4, 0.5) is 17.1 Å². The molecular formula is C54H35N3O. The third kappa shape index (κ3) is 4.95. The summed E-state index contributed by atoms with van der Waals surface area (Å²) in [6, 6.07) is 76.0. The maximum Gasteiger partial charge on any atom is 0.154 e. The number of para-hydroxylation sites is 4. The Hall–Kier alpha value is -7.82. The number of aromatic nitrogens is 2. The molecule has 0 aliphatic carbocycles. The number of anilines is 3. The highest BCUT2D eigenvalue weighted by Crippen LogP contribution is 2.50. The summed E-state index contributed by atoms with van der Waals surface area (Å²) in [7, 11) is 0. The fourth-order valence-electron chi connectivity index (χ4n) is 9.12. The van der Waals surface area contributed by atoms with Crippen molar-refractivity contribution in [3.8, 4) is 45.1 Å². The van der Waals surface area contributed by atoms with Crippen LogP contribution in [-0.2, 0) is 0 Å². The van der Waals surface area contributed by atoms with Crippen molar-refractivity contribution in [2.45, 2.75) is 0 Å². The predicted octanol–water partition coefficient (Wildman–Crippen LogP) is 14.8. The van der Waals surface area contributed by atoms with E-state index < -0.39 is 0 Å². The lowest BCUT2D eigenvalue weighted by Gasteiger charge is -2.27. The fourth-order valence-corrected chi connectivity index (χ4v) is 9.12. The van der Waals surface area contributed by atoms with Gasteiger partial charge in [-0.25, -0.2) is 0 Å². The number of ether oxygens (including phenoxy) is 1. The Morgan fingerprint density at radius 2 is 0.879 bits per heavy atom. The normalized spacial score (nSPS) is 11.9. The van der Waals surface area contributed by atoms with Crippen LogP contribution in [-0.4, -0.2) is 9.13 Å². The summed E-state index contributed by atoms with van der Waals surface area (Å²) < 4.78 is 11.6. The molecule has 11 aromatic rings. The smallest absolute Gasteiger partial charge is 0.154 e. The quantitative estimate of drug-likeness (QED) is 0.169. The molecule has 1 aliphatic heterocycles. The van der Waals surface area contributed by atoms with Gasteiger partial charge in [-0.15, -0.1) is 0 Å². The first-order valence-corrected chi connectivity index (χ1v) is 19.8. The van der Waals surface area contributed by atoms with Crippen LogP contribution in [0.1, 0.15) is 0 Å². The fraction of sp³-hybridized carbons (Fsp3) is 0. The van der Waals surface area contributed by atoms with E-state index in [2.05, 4.69) is 220 Å². The molecule has 9 aromatic carbocycles. The maximum atomic E-state index is 6.79. The van der Waals surface area contributed by atoms with Crippen molar-refractivity contribution in [3.05, 3.63) is 212 Å². The van der Waals surface area contributed by atoms with Gasteiger partial charge in [0.2, 0.25) is 0 Å². The Bertz CT molecular complexity index is 3260. The van der Waals surface area contributed by atoms with Gasteiger partial charge in [-0.1, -0.05) is 140 Å². The summed E-state index contributed by atoms with van der Waals surface area (Å²) >= 11 is 0. The van der Waals surface area contributed by atoms with E-state index in [0.717, 1.165) is 56.5 Å². The summed E-state index contributed by atoms with van der Waals surface area (Å²) in [5.74, 6) is 1.71. The summed E-state index contributed by atoms with van der Waals surface area (Å²) in [5.41, 5.74) is 14.7. The van der Waals surface area contributed by atoms with Crippen LogP contribution >= 0.6 is 0 Å². The SMILES string of the molecule is c1ccc(-c2ccc(N(c3ccc(-c4ccccc4)cc3)c3cccc(-n4c5ccccc5c5c6c7ccccc7n7c6c(cc54)Oc4ccccc4-7)c3)cc2)cc1. The van der Waals surface area contributed by atoms with E-state index >= 15 is 0 Å².